The molecule has 26 heavy (non-hydrogen) atoms. The molecule has 142 valence electrons. The maximum atomic E-state index is 12.5. The van der Waals surface area contributed by atoms with Crippen LogP contribution in [0.1, 0.15) is 49.9 Å². The van der Waals surface area contributed by atoms with Crippen LogP contribution in [0, 0.1) is 0 Å². The standard InChI is InChI=1S/C21H31N3O2/c1-16-14-22(3)15-17(2)23(16)12-6-7-13-24-19-9-5-4-8-18(19)20(25)10-11-21(24)26/h4-5,8-9,16-17H,6-7,10-15H2,1-3H3. The molecular weight excluding hydrogens is 326 g/mol. The first-order valence-electron chi connectivity index (χ1n) is 9.84. The Hall–Kier alpha value is -1.72. The molecule has 2 aliphatic heterocycles. The molecule has 0 N–H and O–H groups in total. The number of carbonyl (C=O) groups is 2. The van der Waals surface area contributed by atoms with Crippen LogP contribution in [0.2, 0.25) is 0 Å². The molecule has 0 radical (unpaired) electrons. The number of hydrogen-bond donors (Lipinski definition) is 0. The first kappa shape index (κ1) is 19.1. The van der Waals surface area contributed by atoms with Crippen molar-refractivity contribution in [2.24, 2.45) is 0 Å². The molecule has 1 amide bonds. The van der Waals surface area contributed by atoms with Crippen molar-refractivity contribution in [2.75, 3.05) is 38.1 Å². The second-order valence-corrected chi connectivity index (χ2v) is 7.85. The van der Waals surface area contributed by atoms with Crippen molar-refractivity contribution in [1.82, 2.24) is 9.80 Å². The number of nitrogens with zero attached hydrogens (tertiary/aromatic N) is 3. The van der Waals surface area contributed by atoms with Crippen LogP contribution in [0.25, 0.3) is 0 Å². The minimum Gasteiger partial charge on any atom is -0.312 e. The lowest BCUT2D eigenvalue weighted by atomic mass is 10.1. The number of rotatable bonds is 5. The number of ketones is 1. The van der Waals surface area contributed by atoms with E-state index in [1.54, 1.807) is 0 Å². The fraction of sp³-hybridized carbons (Fsp3) is 0.619. The van der Waals surface area contributed by atoms with E-state index in [0.29, 0.717) is 37.0 Å². The van der Waals surface area contributed by atoms with Crippen molar-refractivity contribution in [3.63, 3.8) is 0 Å². The lowest BCUT2D eigenvalue weighted by Gasteiger charge is -2.43. The third-order valence-corrected chi connectivity index (χ3v) is 5.69. The van der Waals surface area contributed by atoms with E-state index in [0.717, 1.165) is 38.2 Å². The number of fused-ring (bicyclic) bond motifs is 1. The predicted molar refractivity (Wildman–Crippen MR) is 105 cm³/mol. The SMILES string of the molecule is CC1CN(C)CC(C)N1CCCCN1C(=O)CCC(=O)c2ccccc21. The maximum absolute atomic E-state index is 12.5. The van der Waals surface area contributed by atoms with Gasteiger partial charge in [-0.25, -0.2) is 0 Å². The summed E-state index contributed by atoms with van der Waals surface area (Å²) in [5.41, 5.74) is 1.49. The summed E-state index contributed by atoms with van der Waals surface area (Å²) < 4.78 is 0. The predicted octanol–water partition coefficient (Wildman–Crippen LogP) is 2.80. The van der Waals surface area contributed by atoms with E-state index in [9.17, 15) is 9.59 Å². The summed E-state index contributed by atoms with van der Waals surface area (Å²) in [5.74, 6) is 0.154. The Morgan fingerprint density at radius 2 is 1.62 bits per heavy atom. The van der Waals surface area contributed by atoms with Crippen LogP contribution in [0.15, 0.2) is 24.3 Å². The molecule has 3 rings (SSSR count). The third kappa shape index (κ3) is 4.15. The van der Waals surface area contributed by atoms with Crippen LogP contribution in [0.5, 0.6) is 0 Å². The Labute approximate surface area is 156 Å². The highest BCUT2D eigenvalue weighted by atomic mass is 16.2. The number of amides is 1. The zero-order valence-electron chi connectivity index (χ0n) is 16.3. The molecule has 1 saturated heterocycles. The van der Waals surface area contributed by atoms with Crippen LogP contribution >= 0.6 is 0 Å². The Morgan fingerprint density at radius 1 is 0.962 bits per heavy atom. The van der Waals surface area contributed by atoms with E-state index in [2.05, 4.69) is 30.7 Å². The van der Waals surface area contributed by atoms with Crippen molar-refractivity contribution >= 4 is 17.4 Å². The number of carbonyl (C=O) groups excluding carboxylic acids is 2. The van der Waals surface area contributed by atoms with E-state index in [4.69, 9.17) is 0 Å². The maximum Gasteiger partial charge on any atom is 0.227 e. The van der Waals surface area contributed by atoms with Gasteiger partial charge < -0.3 is 9.80 Å². The van der Waals surface area contributed by atoms with Gasteiger partial charge >= 0.3 is 0 Å². The zero-order chi connectivity index (χ0) is 18.7. The summed E-state index contributed by atoms with van der Waals surface area (Å²) in [7, 11) is 2.19. The minimum atomic E-state index is 0.0737. The molecule has 0 aliphatic carbocycles. The van der Waals surface area contributed by atoms with Gasteiger partial charge in [-0.15, -0.1) is 0 Å². The van der Waals surface area contributed by atoms with Crippen LogP contribution in [-0.4, -0.2) is 66.8 Å². The lowest BCUT2D eigenvalue weighted by Crippen LogP contribution is -2.55. The fourth-order valence-corrected chi connectivity index (χ4v) is 4.44. The van der Waals surface area contributed by atoms with Gasteiger partial charge in [0.05, 0.1) is 5.69 Å². The second kappa shape index (κ2) is 8.31. The Bertz CT molecular complexity index is 648. The lowest BCUT2D eigenvalue weighted by molar-refractivity contribution is -0.118. The molecule has 2 unspecified atom stereocenters. The summed E-state index contributed by atoms with van der Waals surface area (Å²) >= 11 is 0. The molecule has 2 aliphatic rings. The number of Topliss-reactive ketones (excluding diaryl/α,β-unsaturated/α-hetero) is 1. The molecule has 0 spiro atoms. The Kier molecular flexibility index (Phi) is 6.09. The molecule has 2 heterocycles. The van der Waals surface area contributed by atoms with E-state index in [1.807, 2.05) is 29.2 Å². The number of para-hydroxylation sites is 1. The molecule has 0 bridgehead atoms. The number of likely N-dealkylation sites (N-methyl/N-ethyl adjacent to an activating group) is 1. The van der Waals surface area contributed by atoms with Gasteiger partial charge in [-0.2, -0.15) is 0 Å². The fourth-order valence-electron chi connectivity index (χ4n) is 4.44. The number of hydrogen-bond acceptors (Lipinski definition) is 4. The van der Waals surface area contributed by atoms with Crippen LogP contribution < -0.4 is 4.90 Å². The second-order valence-electron chi connectivity index (χ2n) is 7.85. The monoisotopic (exact) mass is 357 g/mol. The summed E-state index contributed by atoms with van der Waals surface area (Å²) in [4.78, 5) is 31.6. The number of benzene rings is 1. The van der Waals surface area contributed by atoms with Gasteiger partial charge in [0.25, 0.3) is 0 Å². The largest absolute Gasteiger partial charge is 0.312 e. The average molecular weight is 357 g/mol. The number of unbranched alkanes of at least 4 members (excludes halogenated alkanes) is 1. The molecule has 1 fully saturated rings. The quantitative estimate of drug-likeness (QED) is 0.760. The van der Waals surface area contributed by atoms with Crippen molar-refractivity contribution in [1.29, 1.82) is 0 Å². The normalized spacial score (nSPS) is 25.3. The highest BCUT2D eigenvalue weighted by Crippen LogP contribution is 2.27. The van der Waals surface area contributed by atoms with Gasteiger partial charge in [0.2, 0.25) is 5.91 Å². The molecule has 0 aromatic heterocycles. The van der Waals surface area contributed by atoms with Crippen LogP contribution in [0.3, 0.4) is 0 Å². The topological polar surface area (TPSA) is 43.9 Å². The van der Waals surface area contributed by atoms with E-state index < -0.39 is 0 Å². The molecule has 5 heteroatoms. The highest BCUT2D eigenvalue weighted by molar-refractivity contribution is 6.09. The summed E-state index contributed by atoms with van der Waals surface area (Å²) in [6, 6.07) is 8.67. The average Bonchev–Trinajstić information content (AvgIpc) is 2.72. The zero-order valence-corrected chi connectivity index (χ0v) is 16.3. The molecule has 1 aromatic rings. The van der Waals surface area contributed by atoms with Gasteiger partial charge in [0.15, 0.2) is 5.78 Å². The third-order valence-electron chi connectivity index (χ3n) is 5.69. The van der Waals surface area contributed by atoms with Gasteiger partial charge in [-0.1, -0.05) is 12.1 Å². The Balaban J connectivity index is 1.58. The van der Waals surface area contributed by atoms with Crippen molar-refractivity contribution in [3.8, 4) is 0 Å². The van der Waals surface area contributed by atoms with Gasteiger partial charge in [0, 0.05) is 50.1 Å². The molecule has 1 aromatic carbocycles. The molecule has 5 nitrogen and oxygen atoms in total. The first-order chi connectivity index (χ1) is 12.5. The summed E-state index contributed by atoms with van der Waals surface area (Å²) in [6.07, 6.45) is 2.67. The summed E-state index contributed by atoms with van der Waals surface area (Å²) in [5, 5.41) is 0. The van der Waals surface area contributed by atoms with E-state index in [-0.39, 0.29) is 11.7 Å². The van der Waals surface area contributed by atoms with Crippen LogP contribution in [0.4, 0.5) is 5.69 Å². The van der Waals surface area contributed by atoms with Crippen LogP contribution in [-0.2, 0) is 4.79 Å². The van der Waals surface area contributed by atoms with Crippen molar-refractivity contribution in [3.05, 3.63) is 29.8 Å². The number of piperazine rings is 1. The van der Waals surface area contributed by atoms with Gasteiger partial charge in [-0.3, -0.25) is 14.5 Å². The minimum absolute atomic E-state index is 0.0737. The number of anilines is 1. The van der Waals surface area contributed by atoms with E-state index in [1.165, 1.54) is 0 Å². The van der Waals surface area contributed by atoms with E-state index >= 15 is 0 Å². The smallest absolute Gasteiger partial charge is 0.227 e. The molecular formula is C21H31N3O2. The molecule has 2 atom stereocenters. The van der Waals surface area contributed by atoms with Gasteiger partial charge in [0.1, 0.15) is 0 Å². The first-order valence-corrected chi connectivity index (χ1v) is 9.84. The van der Waals surface area contributed by atoms with Crippen molar-refractivity contribution < 1.29 is 9.59 Å². The summed E-state index contributed by atoms with van der Waals surface area (Å²) in [6.45, 7) is 8.59. The molecule has 0 saturated carbocycles. The Morgan fingerprint density at radius 3 is 2.35 bits per heavy atom. The van der Waals surface area contributed by atoms with Gasteiger partial charge in [-0.05, 0) is 52.4 Å². The van der Waals surface area contributed by atoms with Crippen molar-refractivity contribution in [2.45, 2.75) is 51.6 Å². The highest BCUT2D eigenvalue weighted by Gasteiger charge is 2.28.